The Morgan fingerprint density at radius 2 is 1.70 bits per heavy atom. The lowest BCUT2D eigenvalue weighted by atomic mass is 10.1. The van der Waals surface area contributed by atoms with Crippen molar-refractivity contribution >= 4 is 0 Å². The van der Waals surface area contributed by atoms with E-state index in [-0.39, 0.29) is 0 Å². The van der Waals surface area contributed by atoms with Gasteiger partial charge in [0.1, 0.15) is 5.82 Å². The van der Waals surface area contributed by atoms with E-state index in [0.717, 1.165) is 12.1 Å². The van der Waals surface area contributed by atoms with Gasteiger partial charge in [0.2, 0.25) is 0 Å². The maximum absolute atomic E-state index is 13.2. The molecule has 0 unspecified atom stereocenters. The van der Waals surface area contributed by atoms with E-state index in [1.807, 2.05) is 0 Å². The van der Waals surface area contributed by atoms with E-state index in [1.165, 1.54) is 31.7 Å². The molecule has 0 aromatic heterocycles. The van der Waals surface area contributed by atoms with Crippen molar-refractivity contribution in [1.29, 1.82) is 0 Å². The van der Waals surface area contributed by atoms with Gasteiger partial charge in [0.15, 0.2) is 0 Å². The molecule has 3 rings (SSSR count). The van der Waals surface area contributed by atoms with Crippen LogP contribution < -0.4 is 5.32 Å². The van der Waals surface area contributed by atoms with E-state index in [9.17, 15) is 17.6 Å². The molecule has 0 spiro atoms. The molecule has 1 aromatic rings. The monoisotopic (exact) mass is 287 g/mol. The van der Waals surface area contributed by atoms with Crippen molar-refractivity contribution in [2.75, 3.05) is 0 Å². The number of alkyl halides is 3. The predicted octanol–water partition coefficient (Wildman–Crippen LogP) is 4.12. The normalized spacial score (nSPS) is 19.6. The third kappa shape index (κ3) is 3.14. The maximum atomic E-state index is 13.2. The second-order valence-corrected chi connectivity index (χ2v) is 5.89. The summed E-state index contributed by atoms with van der Waals surface area (Å²) in [6.45, 7) is 0.376. The molecule has 0 saturated heterocycles. The molecular formula is C15H17F4N. The molecule has 0 atom stereocenters. The predicted molar refractivity (Wildman–Crippen MR) is 67.5 cm³/mol. The molecule has 20 heavy (non-hydrogen) atoms. The minimum absolute atomic E-state index is 0.376. The van der Waals surface area contributed by atoms with E-state index in [4.69, 9.17) is 0 Å². The number of hydrogen-bond acceptors (Lipinski definition) is 1. The van der Waals surface area contributed by atoms with E-state index in [1.54, 1.807) is 0 Å². The van der Waals surface area contributed by atoms with Crippen LogP contribution in [-0.2, 0) is 12.7 Å². The van der Waals surface area contributed by atoms with Crippen LogP contribution >= 0.6 is 0 Å². The highest BCUT2D eigenvalue weighted by molar-refractivity contribution is 5.27. The Labute approximate surface area is 115 Å². The first-order valence-electron chi connectivity index (χ1n) is 7.04. The Kier molecular flexibility index (Phi) is 3.48. The van der Waals surface area contributed by atoms with Crippen LogP contribution in [0.4, 0.5) is 17.6 Å². The van der Waals surface area contributed by atoms with Crippen molar-refractivity contribution in [2.45, 2.75) is 44.4 Å². The van der Waals surface area contributed by atoms with Crippen LogP contribution in [-0.4, -0.2) is 6.04 Å². The summed E-state index contributed by atoms with van der Waals surface area (Å²) in [5.41, 5.74) is -0.684. The minimum Gasteiger partial charge on any atom is -0.309 e. The summed E-state index contributed by atoms with van der Waals surface area (Å²) in [7, 11) is 0. The molecule has 0 bridgehead atoms. The standard InChI is InChI=1S/C15H17F4N/c16-13-6-1-9(7-12(13)15(17,18)19)8-20-14(10-2-3-10)11-4-5-11/h1,6-7,10-11,14,20H,2-5,8H2. The fourth-order valence-electron chi connectivity index (χ4n) is 2.76. The largest absolute Gasteiger partial charge is 0.419 e. The van der Waals surface area contributed by atoms with Crippen LogP contribution in [0.5, 0.6) is 0 Å². The lowest BCUT2D eigenvalue weighted by Crippen LogP contribution is -2.32. The molecule has 5 heteroatoms. The summed E-state index contributed by atoms with van der Waals surface area (Å²) < 4.78 is 51.1. The molecule has 110 valence electrons. The number of benzene rings is 1. The Morgan fingerprint density at radius 1 is 1.10 bits per heavy atom. The number of rotatable bonds is 5. The molecule has 2 aliphatic rings. The molecule has 1 N–H and O–H groups in total. The quantitative estimate of drug-likeness (QED) is 0.803. The molecule has 0 amide bonds. The molecule has 2 fully saturated rings. The summed E-state index contributed by atoms with van der Waals surface area (Å²) in [5.74, 6) is 0.164. The molecule has 1 nitrogen and oxygen atoms in total. The van der Waals surface area contributed by atoms with Crippen molar-refractivity contribution in [1.82, 2.24) is 5.32 Å². The van der Waals surface area contributed by atoms with Gasteiger partial charge in [-0.3, -0.25) is 0 Å². The molecule has 2 saturated carbocycles. The first kappa shape index (κ1) is 13.9. The van der Waals surface area contributed by atoms with Gasteiger partial charge in [-0.05, 0) is 55.2 Å². The topological polar surface area (TPSA) is 12.0 Å². The van der Waals surface area contributed by atoms with Crippen LogP contribution in [0, 0.1) is 17.7 Å². The van der Waals surface area contributed by atoms with Crippen molar-refractivity contribution in [3.63, 3.8) is 0 Å². The first-order chi connectivity index (χ1) is 9.45. The highest BCUT2D eigenvalue weighted by Gasteiger charge is 2.41. The summed E-state index contributed by atoms with van der Waals surface area (Å²) in [6.07, 6.45) is 0.222. The average Bonchev–Trinajstić information content (AvgIpc) is 3.24. The first-order valence-corrected chi connectivity index (χ1v) is 7.04. The average molecular weight is 287 g/mol. The zero-order valence-corrected chi connectivity index (χ0v) is 11.0. The maximum Gasteiger partial charge on any atom is 0.419 e. The van der Waals surface area contributed by atoms with Crippen LogP contribution in [0.15, 0.2) is 18.2 Å². The fraction of sp³-hybridized carbons (Fsp3) is 0.600. The zero-order chi connectivity index (χ0) is 14.3. The van der Waals surface area contributed by atoms with Gasteiger partial charge in [-0.25, -0.2) is 4.39 Å². The molecule has 0 radical (unpaired) electrons. The van der Waals surface area contributed by atoms with Crippen LogP contribution in [0.1, 0.15) is 36.8 Å². The summed E-state index contributed by atoms with van der Waals surface area (Å²) >= 11 is 0. The smallest absolute Gasteiger partial charge is 0.309 e. The second-order valence-electron chi connectivity index (χ2n) is 5.89. The second kappa shape index (κ2) is 5.02. The van der Waals surface area contributed by atoms with Crippen LogP contribution in [0.3, 0.4) is 0 Å². The van der Waals surface area contributed by atoms with Crippen LogP contribution in [0.25, 0.3) is 0 Å². The van der Waals surface area contributed by atoms with Gasteiger partial charge >= 0.3 is 6.18 Å². The molecular weight excluding hydrogens is 270 g/mol. The van der Waals surface area contributed by atoms with Gasteiger partial charge in [0.05, 0.1) is 5.56 Å². The minimum atomic E-state index is -4.63. The van der Waals surface area contributed by atoms with E-state index in [2.05, 4.69) is 5.32 Å². The van der Waals surface area contributed by atoms with Gasteiger partial charge in [-0.15, -0.1) is 0 Å². The highest BCUT2D eigenvalue weighted by Crippen LogP contribution is 2.44. The van der Waals surface area contributed by atoms with Crippen molar-refractivity contribution in [3.05, 3.63) is 35.1 Å². The molecule has 0 aliphatic heterocycles. The van der Waals surface area contributed by atoms with Crippen molar-refractivity contribution in [2.24, 2.45) is 11.8 Å². The Hall–Kier alpha value is -1.10. The molecule has 1 aromatic carbocycles. The summed E-state index contributed by atoms with van der Waals surface area (Å²) in [5, 5.41) is 3.37. The van der Waals surface area contributed by atoms with Gasteiger partial charge in [-0.2, -0.15) is 13.2 Å². The van der Waals surface area contributed by atoms with Gasteiger partial charge in [0.25, 0.3) is 0 Å². The summed E-state index contributed by atoms with van der Waals surface area (Å²) in [4.78, 5) is 0. The van der Waals surface area contributed by atoms with Crippen LogP contribution in [0.2, 0.25) is 0 Å². The Bertz CT molecular complexity index is 477. The molecule has 2 aliphatic carbocycles. The van der Waals surface area contributed by atoms with Crippen molar-refractivity contribution < 1.29 is 17.6 Å². The lowest BCUT2D eigenvalue weighted by Gasteiger charge is -2.18. The van der Waals surface area contributed by atoms with E-state index >= 15 is 0 Å². The Balaban J connectivity index is 1.67. The number of nitrogens with one attached hydrogen (secondary N) is 1. The Morgan fingerprint density at radius 3 is 2.20 bits per heavy atom. The third-order valence-corrected chi connectivity index (χ3v) is 4.14. The van der Waals surface area contributed by atoms with Gasteiger partial charge < -0.3 is 5.32 Å². The number of hydrogen-bond donors (Lipinski definition) is 1. The highest BCUT2D eigenvalue weighted by atomic mass is 19.4. The zero-order valence-electron chi connectivity index (χ0n) is 11.0. The molecule has 0 heterocycles. The van der Waals surface area contributed by atoms with E-state index < -0.39 is 17.6 Å². The SMILES string of the molecule is Fc1ccc(CNC(C2CC2)C2CC2)cc1C(F)(F)F. The van der Waals surface area contributed by atoms with E-state index in [0.29, 0.717) is 30.0 Å². The lowest BCUT2D eigenvalue weighted by molar-refractivity contribution is -0.140. The summed E-state index contributed by atoms with van der Waals surface area (Å²) in [6, 6.07) is 3.67. The third-order valence-electron chi connectivity index (χ3n) is 4.14. The fourth-order valence-corrected chi connectivity index (χ4v) is 2.76. The van der Waals surface area contributed by atoms with Gasteiger partial charge in [-0.1, -0.05) is 6.07 Å². The van der Waals surface area contributed by atoms with Gasteiger partial charge in [0, 0.05) is 12.6 Å². The number of halogens is 4. The van der Waals surface area contributed by atoms with Crippen molar-refractivity contribution in [3.8, 4) is 0 Å².